The molecule has 7 aromatic heterocycles. The van der Waals surface area contributed by atoms with Gasteiger partial charge in [-0.15, -0.1) is 0 Å². The average Bonchev–Trinajstić information content (AvgIpc) is 1.58. The van der Waals surface area contributed by atoms with E-state index in [2.05, 4.69) is 296 Å². The van der Waals surface area contributed by atoms with Crippen LogP contribution >= 0.6 is 0 Å². The fraction of sp³-hybridized carbons (Fsp3) is 0.0187. The third kappa shape index (κ3) is 13.1. The molecule has 0 spiro atoms. The number of benzene rings is 14. The van der Waals surface area contributed by atoms with Gasteiger partial charge in [-0.1, -0.05) is 334 Å². The summed E-state index contributed by atoms with van der Waals surface area (Å²) in [5.41, 5.74) is 34.4. The van der Waals surface area contributed by atoms with Crippen LogP contribution in [-0.4, -0.2) is 49.4 Å². The number of rotatable bonds is 11. The minimum Gasteiger partial charge on any atom is -0.261 e. The molecule has 0 aliphatic heterocycles. The van der Waals surface area contributed by atoms with Crippen LogP contribution in [0.15, 0.2) is 401 Å². The van der Waals surface area contributed by atoms with Gasteiger partial charge < -0.3 is 0 Å². The highest BCUT2D eigenvalue weighted by Gasteiger charge is 2.26. The third-order valence-electron chi connectivity index (χ3n) is 22.5. The summed E-state index contributed by atoms with van der Waals surface area (Å²) in [5.74, 6) is 2.05. The number of nitrogens with zero attached hydrogens (tertiary/aromatic N) is 10. The summed E-state index contributed by atoms with van der Waals surface area (Å²) < 4.78 is 2.14. The molecule has 0 unspecified atom stereocenters. The Kier molecular flexibility index (Phi) is 17.8. The van der Waals surface area contributed by atoms with Gasteiger partial charge in [0.15, 0.2) is 11.6 Å². The molecule has 0 atom stereocenters. The van der Waals surface area contributed by atoms with E-state index in [0.717, 1.165) is 158 Å². The second-order valence-corrected chi connectivity index (χ2v) is 29.4. The Hall–Kier alpha value is -15.7. The fourth-order valence-corrected chi connectivity index (χ4v) is 16.9. The topological polar surface area (TPSA) is 121 Å². The zero-order chi connectivity index (χ0) is 77.5. The van der Waals surface area contributed by atoms with Crippen LogP contribution in [0.25, 0.3) is 195 Å². The molecule has 0 amide bonds. The lowest BCUT2D eigenvalue weighted by Gasteiger charge is -2.13. The third-order valence-corrected chi connectivity index (χ3v) is 22.5. The summed E-state index contributed by atoms with van der Waals surface area (Å²) in [6.45, 7) is 0. The van der Waals surface area contributed by atoms with Crippen LogP contribution in [0, 0.1) is 0 Å². The second kappa shape index (κ2) is 30.1. The molecule has 0 N–H and O–H groups in total. The predicted octanol–water partition coefficient (Wildman–Crippen LogP) is 26.0. The molecule has 2 aliphatic carbocycles. The number of hydrogen-bond donors (Lipinski definition) is 0. The van der Waals surface area contributed by atoms with Crippen LogP contribution in [0.2, 0.25) is 0 Å². The van der Waals surface area contributed by atoms with Crippen LogP contribution in [0.1, 0.15) is 22.3 Å². The highest BCUT2D eigenvalue weighted by atomic mass is 15.2. The molecule has 10 nitrogen and oxygen atoms in total. The molecule has 2 aliphatic rings. The van der Waals surface area contributed by atoms with E-state index in [0.29, 0.717) is 5.95 Å². The van der Waals surface area contributed by atoms with E-state index >= 15 is 0 Å². The summed E-state index contributed by atoms with van der Waals surface area (Å²) in [7, 11) is 0. The molecule has 0 fully saturated rings. The van der Waals surface area contributed by atoms with E-state index in [-0.39, 0.29) is 0 Å². The Morgan fingerprint density at radius 2 is 0.573 bits per heavy atom. The summed E-state index contributed by atoms with van der Waals surface area (Å²) in [6, 6.07) is 133. The average molecular weight is 1500 g/mol. The largest absolute Gasteiger partial charge is 0.261 e. The van der Waals surface area contributed by atoms with Crippen molar-refractivity contribution < 1.29 is 0 Å². The maximum absolute atomic E-state index is 5.32. The summed E-state index contributed by atoms with van der Waals surface area (Å²) >= 11 is 0. The summed E-state index contributed by atoms with van der Waals surface area (Å²) in [6.07, 6.45) is 7.51. The molecule has 548 valence electrons. The van der Waals surface area contributed by atoms with Crippen molar-refractivity contribution in [3.8, 4) is 141 Å². The summed E-state index contributed by atoms with van der Waals surface area (Å²) in [5, 5.41) is 5.30. The highest BCUT2D eigenvalue weighted by Crippen LogP contribution is 2.45. The Morgan fingerprint density at radius 1 is 0.205 bits per heavy atom. The molecule has 0 bridgehead atoms. The number of hydrogen-bond acceptors (Lipinski definition) is 9. The molecule has 23 rings (SSSR count). The van der Waals surface area contributed by atoms with E-state index in [9.17, 15) is 0 Å². The van der Waals surface area contributed by atoms with Crippen molar-refractivity contribution in [3.63, 3.8) is 0 Å². The van der Waals surface area contributed by atoms with Crippen LogP contribution in [-0.2, 0) is 12.8 Å². The first-order valence-electron chi connectivity index (χ1n) is 39.5. The zero-order valence-corrected chi connectivity index (χ0v) is 63.5. The standard InChI is InChI=1S/C43H28N4.2C32H21N3/c1-3-11-29(12-4-1)31-20-24-33(25-21-31)35-16-9-17-36-37-18-10-28-44-42(37)47(41(35)36)43-45-39-19-8-7-15-38(39)40(46-43)34-26-22-32(23-27-34)30-13-5-2-6-14-30;1-2-9-21(10-3-1)31-27-15-6-7-16-29(27)34-32(35-31)24-13-8-12-23(19-24)30-28-20-22-11-4-5-14-25(22)26(28)17-18-33-30;1-2-8-21(9-3-1)31-27-12-6-7-13-29(27)34-32(35-31)23-16-14-22(15-17-23)30-28-20-24-10-4-5-11-25(24)26(28)18-19-33-30/h1-28H;2*1-19H,20H2. The van der Waals surface area contributed by atoms with Gasteiger partial charge in [-0.05, 0) is 121 Å². The van der Waals surface area contributed by atoms with E-state index in [1.807, 2.05) is 110 Å². The SMILES string of the molecule is c1ccc(-c2ccc(-c3nc(-n4c5ncccc5c5cccc(-c6ccc(-c7ccccc7)cc6)c54)nc4ccccc34)cc2)cc1.c1ccc(-c2nc(-c3ccc(-c4nccc5c4Cc4ccccc4-5)cc3)nc3ccccc23)cc1.c1ccc(-c2nc(-c3cccc(-c4nccc5c4Cc4ccccc4-5)c3)nc3ccccc23)cc1. The smallest absolute Gasteiger partial charge is 0.237 e. The normalized spacial score (nSPS) is 11.7. The van der Waals surface area contributed by atoms with Gasteiger partial charge in [0.05, 0.1) is 50.5 Å². The van der Waals surface area contributed by atoms with E-state index in [4.69, 9.17) is 44.9 Å². The van der Waals surface area contributed by atoms with Crippen molar-refractivity contribution >= 4 is 54.6 Å². The summed E-state index contributed by atoms with van der Waals surface area (Å²) in [4.78, 5) is 44.8. The van der Waals surface area contributed by atoms with Gasteiger partial charge in [-0.25, -0.2) is 34.9 Å². The molecule has 0 radical (unpaired) electrons. The van der Waals surface area contributed by atoms with Crippen molar-refractivity contribution in [2.45, 2.75) is 12.8 Å². The second-order valence-electron chi connectivity index (χ2n) is 29.4. The van der Waals surface area contributed by atoms with Crippen molar-refractivity contribution in [1.82, 2.24) is 49.4 Å². The fourth-order valence-electron chi connectivity index (χ4n) is 16.9. The predicted molar refractivity (Wildman–Crippen MR) is 477 cm³/mol. The quantitative estimate of drug-likeness (QED) is 0.125. The molecule has 0 saturated heterocycles. The van der Waals surface area contributed by atoms with Crippen LogP contribution < -0.4 is 0 Å². The maximum Gasteiger partial charge on any atom is 0.237 e. The minimum absolute atomic E-state index is 0.595. The van der Waals surface area contributed by atoms with Crippen molar-refractivity contribution in [1.29, 1.82) is 0 Å². The van der Waals surface area contributed by atoms with Gasteiger partial charge in [0, 0.05) is 103 Å². The van der Waals surface area contributed by atoms with Crippen molar-refractivity contribution in [2.75, 3.05) is 0 Å². The lowest BCUT2D eigenvalue weighted by molar-refractivity contribution is 0.998. The maximum atomic E-state index is 5.32. The van der Waals surface area contributed by atoms with Crippen molar-refractivity contribution in [3.05, 3.63) is 423 Å². The van der Waals surface area contributed by atoms with Crippen molar-refractivity contribution in [2.24, 2.45) is 0 Å². The monoisotopic (exact) mass is 1490 g/mol. The molecule has 7 heterocycles. The lowest BCUT2D eigenvalue weighted by Crippen LogP contribution is -2.05. The first-order valence-corrected chi connectivity index (χ1v) is 39.5. The minimum atomic E-state index is 0.595. The van der Waals surface area contributed by atoms with E-state index in [1.165, 1.54) is 66.8 Å². The number of fused-ring (bicyclic) bond motifs is 12. The lowest BCUT2D eigenvalue weighted by atomic mass is 9.98. The van der Waals surface area contributed by atoms with Gasteiger partial charge in [-0.3, -0.25) is 14.5 Å². The van der Waals surface area contributed by atoms with E-state index < -0.39 is 0 Å². The Balaban J connectivity index is 0.000000111. The molecule has 117 heavy (non-hydrogen) atoms. The Bertz CT molecular complexity index is 7340. The van der Waals surface area contributed by atoms with Gasteiger partial charge in [0.25, 0.3) is 0 Å². The first-order chi connectivity index (χ1) is 58.0. The number of pyridine rings is 3. The Morgan fingerprint density at radius 3 is 1.12 bits per heavy atom. The zero-order valence-electron chi connectivity index (χ0n) is 63.5. The highest BCUT2D eigenvalue weighted by molar-refractivity contribution is 6.13. The first kappa shape index (κ1) is 69.3. The van der Waals surface area contributed by atoms with Crippen LogP contribution in [0.4, 0.5) is 0 Å². The van der Waals surface area contributed by atoms with E-state index in [1.54, 1.807) is 0 Å². The molecule has 10 heteroatoms. The van der Waals surface area contributed by atoms with Gasteiger partial charge in [-0.2, -0.15) is 0 Å². The number of para-hydroxylation sites is 4. The van der Waals surface area contributed by atoms with Gasteiger partial charge in [0.2, 0.25) is 5.95 Å². The molecule has 14 aromatic carbocycles. The van der Waals surface area contributed by atoms with Crippen LogP contribution in [0.3, 0.4) is 0 Å². The number of aromatic nitrogens is 10. The van der Waals surface area contributed by atoms with Gasteiger partial charge >= 0.3 is 0 Å². The van der Waals surface area contributed by atoms with Crippen LogP contribution in [0.5, 0.6) is 0 Å². The molecule has 21 aromatic rings. The molecule has 0 saturated carbocycles. The van der Waals surface area contributed by atoms with Gasteiger partial charge in [0.1, 0.15) is 5.65 Å². The Labute approximate surface area is 676 Å². The molecular formula is C107H70N10. The molecular weight excluding hydrogens is 1430 g/mol.